The molecular weight excluding hydrogens is 469 g/mol. The van der Waals surface area contributed by atoms with Crippen LogP contribution in [-0.2, 0) is 17.8 Å². The van der Waals surface area contributed by atoms with E-state index in [0.717, 1.165) is 0 Å². The van der Waals surface area contributed by atoms with Crippen LogP contribution in [0.5, 0.6) is 5.75 Å². The molecule has 0 radical (unpaired) electrons. The number of hydrogen-bond donors (Lipinski definition) is 2. The fourth-order valence-electron chi connectivity index (χ4n) is 3.05. The molecule has 33 heavy (non-hydrogen) atoms. The minimum absolute atomic E-state index is 0.00644. The third kappa shape index (κ3) is 6.45. The van der Waals surface area contributed by atoms with Gasteiger partial charge in [-0.05, 0) is 37.3 Å². The lowest BCUT2D eigenvalue weighted by molar-refractivity contribution is -0.113. The summed E-state index contributed by atoms with van der Waals surface area (Å²) in [6.07, 6.45) is 0.410. The molecule has 0 bridgehead atoms. The van der Waals surface area contributed by atoms with Crippen molar-refractivity contribution in [3.05, 3.63) is 64.7 Å². The summed E-state index contributed by atoms with van der Waals surface area (Å²) >= 11 is 7.24. The third-order valence-corrected chi connectivity index (χ3v) is 5.83. The Morgan fingerprint density at radius 3 is 2.73 bits per heavy atom. The molecule has 0 aliphatic carbocycles. The lowest BCUT2D eigenvalue weighted by atomic mass is 10.2. The number of halogens is 2. The number of benzene rings is 2. The van der Waals surface area contributed by atoms with E-state index < -0.39 is 11.7 Å². The number of carbonyl (C=O) groups is 2. The van der Waals surface area contributed by atoms with Gasteiger partial charge in [0.15, 0.2) is 5.16 Å². The van der Waals surface area contributed by atoms with Crippen LogP contribution < -0.4 is 15.4 Å². The Labute approximate surface area is 199 Å². The average molecular weight is 492 g/mol. The first-order chi connectivity index (χ1) is 15.9. The van der Waals surface area contributed by atoms with Crippen molar-refractivity contribution < 1.29 is 18.7 Å². The standard InChI is InChI=1S/C22H23ClFN5O3S/c1-3-29-19(10-11-25-21(31)15-6-4-5-7-16(15)24)27-28-22(29)33-13-20(30)26-17-12-14(23)8-9-18(17)32-2/h4-9,12H,3,10-11,13H2,1-2H3,(H,25,31)(H,26,30). The predicted molar refractivity (Wildman–Crippen MR) is 125 cm³/mol. The SMILES string of the molecule is CCn1c(CCNC(=O)c2ccccc2F)nnc1SCC(=O)Nc1cc(Cl)ccc1OC. The normalized spacial score (nSPS) is 10.7. The van der Waals surface area contributed by atoms with E-state index in [0.29, 0.717) is 40.4 Å². The highest BCUT2D eigenvalue weighted by Gasteiger charge is 2.15. The van der Waals surface area contributed by atoms with Crippen molar-refractivity contribution in [3.8, 4) is 5.75 Å². The number of nitrogens with zero attached hydrogens (tertiary/aromatic N) is 3. The molecule has 3 rings (SSSR count). The number of amides is 2. The molecule has 0 spiro atoms. The maximum absolute atomic E-state index is 13.7. The van der Waals surface area contributed by atoms with Crippen LogP contribution in [0, 0.1) is 5.82 Å². The number of ether oxygens (including phenoxy) is 1. The summed E-state index contributed by atoms with van der Waals surface area (Å²) in [7, 11) is 1.51. The lowest BCUT2D eigenvalue weighted by Crippen LogP contribution is -2.27. The van der Waals surface area contributed by atoms with Crippen molar-refractivity contribution in [1.82, 2.24) is 20.1 Å². The molecule has 11 heteroatoms. The van der Waals surface area contributed by atoms with E-state index in [1.807, 2.05) is 11.5 Å². The molecule has 174 valence electrons. The van der Waals surface area contributed by atoms with Gasteiger partial charge in [0, 0.05) is 24.5 Å². The minimum Gasteiger partial charge on any atom is -0.495 e. The highest BCUT2D eigenvalue weighted by Crippen LogP contribution is 2.28. The Hall–Kier alpha value is -3.11. The van der Waals surface area contributed by atoms with Gasteiger partial charge in [-0.25, -0.2) is 4.39 Å². The van der Waals surface area contributed by atoms with Gasteiger partial charge in [-0.1, -0.05) is 35.5 Å². The van der Waals surface area contributed by atoms with Gasteiger partial charge in [-0.15, -0.1) is 10.2 Å². The maximum atomic E-state index is 13.7. The molecule has 2 N–H and O–H groups in total. The summed E-state index contributed by atoms with van der Waals surface area (Å²) in [4.78, 5) is 24.6. The quantitative estimate of drug-likeness (QED) is 0.418. The van der Waals surface area contributed by atoms with Gasteiger partial charge in [-0.3, -0.25) is 9.59 Å². The van der Waals surface area contributed by atoms with Gasteiger partial charge >= 0.3 is 0 Å². The van der Waals surface area contributed by atoms with Crippen molar-refractivity contribution in [1.29, 1.82) is 0 Å². The van der Waals surface area contributed by atoms with E-state index in [-0.39, 0.29) is 23.8 Å². The highest BCUT2D eigenvalue weighted by molar-refractivity contribution is 7.99. The number of aromatic nitrogens is 3. The molecule has 3 aromatic rings. The second kappa shape index (κ2) is 11.7. The molecular formula is C22H23ClFN5O3S. The van der Waals surface area contributed by atoms with E-state index in [9.17, 15) is 14.0 Å². The van der Waals surface area contributed by atoms with Crippen LogP contribution >= 0.6 is 23.4 Å². The fourth-order valence-corrected chi connectivity index (χ4v) is 4.04. The number of thioether (sulfide) groups is 1. The Morgan fingerprint density at radius 1 is 1.21 bits per heavy atom. The molecule has 8 nitrogen and oxygen atoms in total. The summed E-state index contributed by atoms with van der Waals surface area (Å²) in [6, 6.07) is 10.8. The predicted octanol–water partition coefficient (Wildman–Crippen LogP) is 3.80. The molecule has 0 saturated heterocycles. The molecule has 1 heterocycles. The van der Waals surface area contributed by atoms with Crippen molar-refractivity contribution in [2.45, 2.75) is 25.0 Å². The second-order valence-electron chi connectivity index (χ2n) is 6.81. The summed E-state index contributed by atoms with van der Waals surface area (Å²) in [5.74, 6) is -0.0278. The number of methoxy groups -OCH3 is 1. The van der Waals surface area contributed by atoms with Gasteiger partial charge in [0.2, 0.25) is 5.91 Å². The number of rotatable bonds is 10. The summed E-state index contributed by atoms with van der Waals surface area (Å²) in [5.41, 5.74) is 0.479. The van der Waals surface area contributed by atoms with Gasteiger partial charge in [-0.2, -0.15) is 0 Å². The molecule has 0 atom stereocenters. The van der Waals surface area contributed by atoms with Gasteiger partial charge in [0.05, 0.1) is 24.1 Å². The van der Waals surface area contributed by atoms with Crippen LogP contribution in [0.3, 0.4) is 0 Å². The first-order valence-corrected chi connectivity index (χ1v) is 11.5. The van der Waals surface area contributed by atoms with Crippen LogP contribution in [-0.4, -0.2) is 46.0 Å². The van der Waals surface area contributed by atoms with E-state index in [4.69, 9.17) is 16.3 Å². The summed E-state index contributed by atoms with van der Waals surface area (Å²) in [5, 5.41) is 14.9. The maximum Gasteiger partial charge on any atom is 0.254 e. The topological polar surface area (TPSA) is 98.1 Å². The molecule has 0 fully saturated rings. The minimum atomic E-state index is -0.570. The molecule has 2 aromatic carbocycles. The lowest BCUT2D eigenvalue weighted by Gasteiger charge is -2.11. The number of hydrogen-bond acceptors (Lipinski definition) is 6. The van der Waals surface area contributed by atoms with Gasteiger partial charge in [0.1, 0.15) is 17.4 Å². The van der Waals surface area contributed by atoms with Crippen molar-refractivity contribution in [2.75, 3.05) is 24.7 Å². The van der Waals surface area contributed by atoms with Crippen molar-refractivity contribution >= 4 is 40.9 Å². The Bertz CT molecular complexity index is 1140. The number of carbonyl (C=O) groups excluding carboxylic acids is 2. The molecule has 0 unspecified atom stereocenters. The molecule has 2 amide bonds. The van der Waals surface area contributed by atoms with Crippen LogP contribution in [0.4, 0.5) is 10.1 Å². The third-order valence-electron chi connectivity index (χ3n) is 4.63. The highest BCUT2D eigenvalue weighted by atomic mass is 35.5. The molecule has 0 saturated carbocycles. The van der Waals surface area contributed by atoms with Crippen LogP contribution in [0.15, 0.2) is 47.6 Å². The van der Waals surface area contributed by atoms with Crippen LogP contribution in [0.25, 0.3) is 0 Å². The number of anilines is 1. The van der Waals surface area contributed by atoms with Crippen molar-refractivity contribution in [3.63, 3.8) is 0 Å². The summed E-state index contributed by atoms with van der Waals surface area (Å²) in [6.45, 7) is 2.80. The first kappa shape index (κ1) is 24.5. The summed E-state index contributed by atoms with van der Waals surface area (Å²) < 4.78 is 20.8. The molecule has 1 aromatic heterocycles. The van der Waals surface area contributed by atoms with Gasteiger partial charge < -0.3 is 19.9 Å². The monoisotopic (exact) mass is 491 g/mol. The molecule has 0 aliphatic heterocycles. The Morgan fingerprint density at radius 2 is 2.00 bits per heavy atom. The van der Waals surface area contributed by atoms with Crippen molar-refractivity contribution in [2.24, 2.45) is 0 Å². The Balaban J connectivity index is 1.55. The van der Waals surface area contributed by atoms with Crippen LogP contribution in [0.2, 0.25) is 5.02 Å². The first-order valence-electron chi connectivity index (χ1n) is 10.1. The zero-order valence-electron chi connectivity index (χ0n) is 18.1. The molecule has 0 aliphatic rings. The van der Waals surface area contributed by atoms with Crippen LogP contribution in [0.1, 0.15) is 23.1 Å². The largest absolute Gasteiger partial charge is 0.495 e. The van der Waals surface area contributed by atoms with E-state index >= 15 is 0 Å². The zero-order chi connectivity index (χ0) is 23.8. The van der Waals surface area contributed by atoms with E-state index in [1.54, 1.807) is 24.3 Å². The zero-order valence-corrected chi connectivity index (χ0v) is 19.7. The van der Waals surface area contributed by atoms with E-state index in [1.165, 1.54) is 37.1 Å². The van der Waals surface area contributed by atoms with E-state index in [2.05, 4.69) is 20.8 Å². The number of nitrogens with one attached hydrogen (secondary N) is 2. The fraction of sp³-hybridized carbons (Fsp3) is 0.273. The Kier molecular flexibility index (Phi) is 8.67. The average Bonchev–Trinajstić information content (AvgIpc) is 3.19. The smallest absolute Gasteiger partial charge is 0.254 e. The second-order valence-corrected chi connectivity index (χ2v) is 8.19. The van der Waals surface area contributed by atoms with Gasteiger partial charge in [0.25, 0.3) is 5.91 Å².